The maximum absolute atomic E-state index is 8.79. The van der Waals surface area contributed by atoms with Gasteiger partial charge in [0.05, 0.1) is 0 Å². The third-order valence-electron chi connectivity index (χ3n) is 3.46. The van der Waals surface area contributed by atoms with Gasteiger partial charge in [-0.2, -0.15) is 5.26 Å². The van der Waals surface area contributed by atoms with Crippen molar-refractivity contribution in [2.45, 2.75) is 32.7 Å². The van der Waals surface area contributed by atoms with Crippen molar-refractivity contribution in [2.24, 2.45) is 11.8 Å². The van der Waals surface area contributed by atoms with Crippen molar-refractivity contribution < 1.29 is 0 Å². The van der Waals surface area contributed by atoms with Crippen molar-refractivity contribution >= 4 is 28.1 Å². The largest absolute Gasteiger partial charge is 0.358 e. The molecule has 1 saturated carbocycles. The van der Waals surface area contributed by atoms with E-state index < -0.39 is 0 Å². The van der Waals surface area contributed by atoms with E-state index in [1.54, 1.807) is 0 Å². The van der Waals surface area contributed by atoms with Crippen LogP contribution in [0.3, 0.4) is 0 Å². The Morgan fingerprint density at radius 3 is 2.75 bits per heavy atom. The molecule has 86 valence electrons. The van der Waals surface area contributed by atoms with E-state index in [4.69, 9.17) is 16.9 Å². The molecule has 5 heteroatoms. The van der Waals surface area contributed by atoms with Crippen molar-refractivity contribution in [3.63, 3.8) is 0 Å². The maximum atomic E-state index is 8.79. The summed E-state index contributed by atoms with van der Waals surface area (Å²) < 4.78 is 0. The van der Waals surface area contributed by atoms with E-state index in [0.717, 1.165) is 11.0 Å². The molecular formula is C11H14ClN3S. The summed E-state index contributed by atoms with van der Waals surface area (Å²) in [4.78, 5) is 4.64. The Morgan fingerprint density at radius 2 is 2.25 bits per heavy atom. The highest BCUT2D eigenvalue weighted by molar-refractivity contribution is 7.16. The van der Waals surface area contributed by atoms with E-state index >= 15 is 0 Å². The molecule has 3 atom stereocenters. The van der Waals surface area contributed by atoms with Crippen molar-refractivity contribution in [3.05, 3.63) is 10.0 Å². The lowest BCUT2D eigenvalue weighted by Crippen LogP contribution is -2.23. The normalized spacial score (nSPS) is 29.0. The fraction of sp³-hybridized carbons (Fsp3) is 0.636. The highest BCUT2D eigenvalue weighted by atomic mass is 35.5. The lowest BCUT2D eigenvalue weighted by Gasteiger charge is -2.18. The zero-order valence-electron chi connectivity index (χ0n) is 9.33. The number of halogens is 1. The number of nitrogens with zero attached hydrogens (tertiary/aromatic N) is 2. The number of rotatable bonds is 2. The van der Waals surface area contributed by atoms with Gasteiger partial charge in [-0.15, -0.1) is 0 Å². The second-order valence-corrected chi connectivity index (χ2v) is 5.77. The first-order valence-electron chi connectivity index (χ1n) is 5.44. The summed E-state index contributed by atoms with van der Waals surface area (Å²) in [5.41, 5.74) is 0. The maximum Gasteiger partial charge on any atom is 0.185 e. The molecule has 0 amide bonds. The molecule has 1 aromatic heterocycles. The van der Waals surface area contributed by atoms with E-state index in [2.05, 4.69) is 24.1 Å². The third-order valence-corrected chi connectivity index (χ3v) is 4.74. The summed E-state index contributed by atoms with van der Waals surface area (Å²) in [5, 5.41) is 13.3. The van der Waals surface area contributed by atoms with Gasteiger partial charge in [0, 0.05) is 6.04 Å². The van der Waals surface area contributed by atoms with Gasteiger partial charge in [0.1, 0.15) is 10.9 Å². The first kappa shape index (κ1) is 11.7. The lowest BCUT2D eigenvalue weighted by atomic mass is 9.98. The molecule has 3 nitrogen and oxygen atoms in total. The molecule has 3 unspecified atom stereocenters. The molecule has 0 aromatic carbocycles. The van der Waals surface area contributed by atoms with E-state index in [1.807, 2.05) is 6.07 Å². The number of aromatic nitrogens is 1. The average Bonchev–Trinajstić information content (AvgIpc) is 2.76. The van der Waals surface area contributed by atoms with Gasteiger partial charge < -0.3 is 5.32 Å². The van der Waals surface area contributed by atoms with Gasteiger partial charge in [0.2, 0.25) is 0 Å². The number of hydrogen-bond acceptors (Lipinski definition) is 4. The molecule has 1 heterocycles. The monoisotopic (exact) mass is 255 g/mol. The first-order chi connectivity index (χ1) is 7.61. The van der Waals surface area contributed by atoms with Gasteiger partial charge in [0.15, 0.2) is 10.3 Å². The van der Waals surface area contributed by atoms with Crippen LogP contribution in [0, 0.1) is 23.2 Å². The smallest absolute Gasteiger partial charge is 0.185 e. The molecule has 0 radical (unpaired) electrons. The Hall–Kier alpha value is -0.790. The molecule has 0 saturated heterocycles. The Bertz CT molecular complexity index is 423. The topological polar surface area (TPSA) is 48.7 Å². The second-order valence-electron chi connectivity index (χ2n) is 4.42. The summed E-state index contributed by atoms with van der Waals surface area (Å²) in [7, 11) is 0. The molecule has 1 aliphatic rings. The summed E-state index contributed by atoms with van der Waals surface area (Å²) in [6, 6.07) is 2.51. The third kappa shape index (κ3) is 2.16. The number of anilines is 1. The predicted octanol–water partition coefficient (Wildman–Crippen LogP) is 3.51. The molecule has 0 spiro atoms. The minimum absolute atomic E-state index is 0.314. The van der Waals surface area contributed by atoms with Crippen LogP contribution < -0.4 is 5.32 Å². The van der Waals surface area contributed by atoms with Crippen LogP contribution in [0.1, 0.15) is 31.6 Å². The van der Waals surface area contributed by atoms with Crippen molar-refractivity contribution in [2.75, 3.05) is 5.32 Å². The van der Waals surface area contributed by atoms with Crippen LogP contribution in [0.4, 0.5) is 5.13 Å². The average molecular weight is 256 g/mol. The summed E-state index contributed by atoms with van der Waals surface area (Å²) in [6.45, 7) is 4.54. The molecule has 16 heavy (non-hydrogen) atoms. The van der Waals surface area contributed by atoms with Crippen LogP contribution in [-0.2, 0) is 0 Å². The van der Waals surface area contributed by atoms with Gasteiger partial charge in [-0.25, -0.2) is 4.98 Å². The Morgan fingerprint density at radius 1 is 1.50 bits per heavy atom. The Kier molecular flexibility index (Phi) is 3.36. The minimum Gasteiger partial charge on any atom is -0.358 e. The van der Waals surface area contributed by atoms with E-state index in [9.17, 15) is 0 Å². The summed E-state index contributed by atoms with van der Waals surface area (Å²) in [5.74, 6) is 1.40. The van der Waals surface area contributed by atoms with Crippen molar-refractivity contribution in [1.82, 2.24) is 4.98 Å². The fourth-order valence-corrected chi connectivity index (χ4v) is 3.17. The van der Waals surface area contributed by atoms with E-state index in [1.165, 1.54) is 24.2 Å². The van der Waals surface area contributed by atoms with Crippen LogP contribution in [0.5, 0.6) is 0 Å². The molecule has 1 N–H and O–H groups in total. The highest BCUT2D eigenvalue weighted by Crippen LogP contribution is 2.35. The van der Waals surface area contributed by atoms with Crippen LogP contribution in [0.25, 0.3) is 0 Å². The van der Waals surface area contributed by atoms with Crippen molar-refractivity contribution in [1.29, 1.82) is 5.26 Å². The SMILES string of the molecule is CC1CCC(Nc2nc(Cl)c(C#N)s2)C1C. The summed E-state index contributed by atoms with van der Waals surface area (Å²) >= 11 is 7.17. The molecule has 1 aliphatic carbocycles. The van der Waals surface area contributed by atoms with Gasteiger partial charge in [-0.3, -0.25) is 0 Å². The van der Waals surface area contributed by atoms with Gasteiger partial charge in [-0.1, -0.05) is 36.8 Å². The number of thiazole rings is 1. The van der Waals surface area contributed by atoms with Gasteiger partial charge >= 0.3 is 0 Å². The standard InChI is InChI=1S/C11H14ClN3S/c1-6-3-4-8(7(6)2)14-11-15-10(12)9(5-13)16-11/h6-8H,3-4H2,1-2H3,(H,14,15). The molecule has 1 fully saturated rings. The minimum atomic E-state index is 0.314. The first-order valence-corrected chi connectivity index (χ1v) is 6.64. The predicted molar refractivity (Wildman–Crippen MR) is 66.8 cm³/mol. The molecule has 0 aliphatic heterocycles. The van der Waals surface area contributed by atoms with Crippen LogP contribution >= 0.6 is 22.9 Å². The lowest BCUT2D eigenvalue weighted by molar-refractivity contribution is 0.435. The van der Waals surface area contributed by atoms with Crippen LogP contribution in [0.15, 0.2) is 0 Å². The van der Waals surface area contributed by atoms with Crippen LogP contribution in [0.2, 0.25) is 5.15 Å². The molecule has 1 aromatic rings. The van der Waals surface area contributed by atoms with E-state index in [0.29, 0.717) is 22.0 Å². The highest BCUT2D eigenvalue weighted by Gasteiger charge is 2.30. The Balaban J connectivity index is 2.07. The zero-order chi connectivity index (χ0) is 11.7. The quantitative estimate of drug-likeness (QED) is 0.880. The van der Waals surface area contributed by atoms with Crippen molar-refractivity contribution in [3.8, 4) is 6.07 Å². The fourth-order valence-electron chi connectivity index (χ4n) is 2.16. The van der Waals surface area contributed by atoms with Gasteiger partial charge in [-0.05, 0) is 24.7 Å². The number of nitriles is 1. The van der Waals surface area contributed by atoms with Gasteiger partial charge in [0.25, 0.3) is 0 Å². The summed E-state index contributed by atoms with van der Waals surface area (Å²) in [6.07, 6.45) is 2.42. The Labute approximate surface area is 104 Å². The molecule has 2 rings (SSSR count). The number of hydrogen-bond donors (Lipinski definition) is 1. The zero-order valence-corrected chi connectivity index (χ0v) is 10.9. The van der Waals surface area contributed by atoms with Crippen LogP contribution in [-0.4, -0.2) is 11.0 Å². The molecule has 0 bridgehead atoms. The number of nitrogens with one attached hydrogen (secondary N) is 1. The second kappa shape index (κ2) is 4.60. The van der Waals surface area contributed by atoms with E-state index in [-0.39, 0.29) is 0 Å². The molecular weight excluding hydrogens is 242 g/mol.